The van der Waals surface area contributed by atoms with Gasteiger partial charge in [-0.05, 0) is 39.0 Å². The summed E-state index contributed by atoms with van der Waals surface area (Å²) in [5, 5.41) is 13.4. The first kappa shape index (κ1) is 23.3. The first-order valence-electron chi connectivity index (χ1n) is 9.82. The molecular formula is C23H23ClFN3O4. The van der Waals surface area contributed by atoms with Gasteiger partial charge in [-0.3, -0.25) is 9.59 Å². The Bertz CT molecular complexity index is 1190. The van der Waals surface area contributed by atoms with Gasteiger partial charge in [0.05, 0.1) is 0 Å². The number of H-pyrrole nitrogens is 1. The van der Waals surface area contributed by atoms with E-state index in [0.29, 0.717) is 22.3 Å². The van der Waals surface area contributed by atoms with Crippen molar-refractivity contribution in [3.05, 3.63) is 70.1 Å². The van der Waals surface area contributed by atoms with Crippen LogP contribution in [0.3, 0.4) is 0 Å². The summed E-state index contributed by atoms with van der Waals surface area (Å²) in [6.07, 6.45) is 0.416. The third kappa shape index (κ3) is 4.91. The molecule has 0 aliphatic carbocycles. The van der Waals surface area contributed by atoms with E-state index in [1.165, 1.54) is 24.3 Å². The van der Waals surface area contributed by atoms with Crippen LogP contribution in [0.15, 0.2) is 42.5 Å². The van der Waals surface area contributed by atoms with E-state index >= 15 is 0 Å². The molecule has 7 nitrogen and oxygen atoms in total. The number of fused-ring (bicyclic) bond motifs is 1. The van der Waals surface area contributed by atoms with Crippen LogP contribution in [0.4, 0.5) is 4.39 Å². The average molecular weight is 460 g/mol. The van der Waals surface area contributed by atoms with Gasteiger partial charge in [-0.15, -0.1) is 0 Å². The van der Waals surface area contributed by atoms with Crippen molar-refractivity contribution in [2.24, 2.45) is 0 Å². The van der Waals surface area contributed by atoms with Gasteiger partial charge in [0.15, 0.2) is 0 Å². The monoisotopic (exact) mass is 459 g/mol. The highest BCUT2D eigenvalue weighted by molar-refractivity contribution is 6.31. The summed E-state index contributed by atoms with van der Waals surface area (Å²) in [7, 11) is 0. The van der Waals surface area contributed by atoms with Gasteiger partial charge in [0.1, 0.15) is 17.6 Å². The van der Waals surface area contributed by atoms with Crippen LogP contribution < -0.4 is 5.32 Å². The number of nitrogens with zero attached hydrogens (tertiary/aromatic N) is 1. The molecule has 0 bridgehead atoms. The fourth-order valence-corrected chi connectivity index (χ4v) is 3.71. The highest BCUT2D eigenvalue weighted by Gasteiger charge is 2.35. The second kappa shape index (κ2) is 9.00. The third-order valence-electron chi connectivity index (χ3n) is 4.81. The van der Waals surface area contributed by atoms with Gasteiger partial charge in [-0.2, -0.15) is 0 Å². The predicted molar refractivity (Wildman–Crippen MR) is 119 cm³/mol. The first-order chi connectivity index (χ1) is 15.0. The van der Waals surface area contributed by atoms with E-state index < -0.39 is 29.3 Å². The van der Waals surface area contributed by atoms with Gasteiger partial charge in [-0.1, -0.05) is 35.9 Å². The molecule has 2 amide bonds. The molecule has 0 saturated heterocycles. The molecule has 1 aromatic heterocycles. The van der Waals surface area contributed by atoms with Crippen molar-refractivity contribution in [2.45, 2.75) is 38.9 Å². The van der Waals surface area contributed by atoms with E-state index in [1.54, 1.807) is 39.0 Å². The first-order valence-corrected chi connectivity index (χ1v) is 10.2. The number of rotatable bonds is 7. The lowest BCUT2D eigenvalue weighted by molar-refractivity contribution is -0.134. The topological polar surface area (TPSA) is 102 Å². The Labute approximate surface area is 189 Å². The number of aromatic amines is 1. The fourth-order valence-electron chi connectivity index (χ4n) is 3.54. The van der Waals surface area contributed by atoms with Crippen molar-refractivity contribution < 1.29 is 23.9 Å². The van der Waals surface area contributed by atoms with Crippen LogP contribution in [0, 0.1) is 5.82 Å². The molecule has 3 rings (SSSR count). The van der Waals surface area contributed by atoms with E-state index in [-0.39, 0.29) is 23.4 Å². The van der Waals surface area contributed by atoms with Crippen molar-refractivity contribution in [3.63, 3.8) is 0 Å². The summed E-state index contributed by atoms with van der Waals surface area (Å²) in [4.78, 5) is 41.4. The smallest absolute Gasteiger partial charge is 0.352 e. The minimum atomic E-state index is -1.34. The van der Waals surface area contributed by atoms with Crippen LogP contribution in [-0.4, -0.2) is 38.8 Å². The summed E-state index contributed by atoms with van der Waals surface area (Å²) in [6, 6.07) is 9.21. The summed E-state index contributed by atoms with van der Waals surface area (Å²) >= 11 is 6.05. The number of carbonyl (C=O) groups is 3. The van der Waals surface area contributed by atoms with Crippen LogP contribution in [0.1, 0.15) is 48.4 Å². The van der Waals surface area contributed by atoms with Gasteiger partial charge in [0, 0.05) is 39.1 Å². The molecule has 9 heteroatoms. The fraction of sp³-hybridized carbons (Fsp3) is 0.261. The normalized spacial score (nSPS) is 12.4. The number of halogens is 2. The van der Waals surface area contributed by atoms with E-state index in [9.17, 15) is 23.9 Å². The SMILES string of the molecule is CC(C)(C)NC(=O)C(c1c(C(=O)O)[nH]c2cc(Cl)ccc12)N(C=O)Cc1ccccc1F. The lowest BCUT2D eigenvalue weighted by Gasteiger charge is -2.31. The standard InChI is InChI=1S/C23H23ClFN3O4/c1-23(2,3)27-21(30)20(28(12-29)11-13-6-4-5-7-16(13)25)18-15-9-8-14(24)10-17(15)26-19(18)22(31)32/h4-10,12,20,26H,11H2,1-3H3,(H,27,30)(H,31,32). The average Bonchev–Trinajstić information content (AvgIpc) is 3.06. The number of aromatic carboxylic acids is 1. The van der Waals surface area contributed by atoms with Crippen LogP contribution in [0.2, 0.25) is 5.02 Å². The van der Waals surface area contributed by atoms with Crippen molar-refractivity contribution in [3.8, 4) is 0 Å². The number of nitrogens with one attached hydrogen (secondary N) is 2. The largest absolute Gasteiger partial charge is 0.477 e. The number of aromatic nitrogens is 1. The number of amides is 2. The van der Waals surface area contributed by atoms with Crippen LogP contribution in [0.5, 0.6) is 0 Å². The maximum Gasteiger partial charge on any atom is 0.352 e. The lowest BCUT2D eigenvalue weighted by atomic mass is 9.98. The molecule has 0 radical (unpaired) electrons. The maximum atomic E-state index is 14.3. The van der Waals surface area contributed by atoms with Crippen LogP contribution >= 0.6 is 11.6 Å². The molecule has 1 atom stereocenters. The molecule has 0 aliphatic heterocycles. The van der Waals surface area contributed by atoms with E-state index in [0.717, 1.165) is 4.90 Å². The van der Waals surface area contributed by atoms with Gasteiger partial charge in [-0.25, -0.2) is 9.18 Å². The van der Waals surface area contributed by atoms with Gasteiger partial charge in [0.25, 0.3) is 0 Å². The van der Waals surface area contributed by atoms with Crippen molar-refractivity contribution >= 4 is 40.8 Å². The predicted octanol–water partition coefficient (Wildman–Crippen LogP) is 4.27. The minimum absolute atomic E-state index is 0.0920. The zero-order valence-corrected chi connectivity index (χ0v) is 18.5. The maximum absolute atomic E-state index is 14.3. The van der Waals surface area contributed by atoms with Crippen molar-refractivity contribution in [1.29, 1.82) is 0 Å². The summed E-state index contributed by atoms with van der Waals surface area (Å²) in [5.41, 5.74) is -0.241. The van der Waals surface area contributed by atoms with E-state index in [1.807, 2.05) is 0 Å². The molecule has 3 aromatic rings. The van der Waals surface area contributed by atoms with Crippen molar-refractivity contribution in [2.75, 3.05) is 0 Å². The Balaban J connectivity index is 2.22. The molecule has 0 saturated carbocycles. The second-order valence-electron chi connectivity index (χ2n) is 8.42. The lowest BCUT2D eigenvalue weighted by Crippen LogP contribution is -2.47. The molecule has 1 heterocycles. The Morgan fingerprint density at radius 2 is 1.94 bits per heavy atom. The molecule has 3 N–H and O–H groups in total. The highest BCUT2D eigenvalue weighted by atomic mass is 35.5. The number of carboxylic acids is 1. The van der Waals surface area contributed by atoms with E-state index in [2.05, 4.69) is 10.3 Å². The third-order valence-corrected chi connectivity index (χ3v) is 5.05. The zero-order valence-electron chi connectivity index (χ0n) is 17.8. The minimum Gasteiger partial charge on any atom is -0.477 e. The molecule has 1 unspecified atom stereocenters. The molecule has 32 heavy (non-hydrogen) atoms. The zero-order chi connectivity index (χ0) is 23.6. The second-order valence-corrected chi connectivity index (χ2v) is 8.86. The molecule has 2 aromatic carbocycles. The van der Waals surface area contributed by atoms with Gasteiger partial charge >= 0.3 is 5.97 Å². The van der Waals surface area contributed by atoms with Gasteiger partial charge in [0.2, 0.25) is 12.3 Å². The Morgan fingerprint density at radius 1 is 1.25 bits per heavy atom. The molecule has 0 aliphatic rings. The molecule has 0 spiro atoms. The summed E-state index contributed by atoms with van der Waals surface area (Å²) in [5.74, 6) is -2.45. The Hall–Kier alpha value is -3.39. The van der Waals surface area contributed by atoms with Gasteiger partial charge < -0.3 is 20.3 Å². The van der Waals surface area contributed by atoms with Crippen LogP contribution in [0.25, 0.3) is 10.9 Å². The quantitative estimate of drug-likeness (QED) is 0.459. The van der Waals surface area contributed by atoms with Crippen molar-refractivity contribution in [1.82, 2.24) is 15.2 Å². The number of hydrogen-bond donors (Lipinski definition) is 3. The summed E-state index contributed by atoms with van der Waals surface area (Å²) in [6.45, 7) is 5.04. The van der Waals surface area contributed by atoms with Crippen LogP contribution in [-0.2, 0) is 16.1 Å². The number of carboxylic acid groups (broad SMARTS) is 1. The van der Waals surface area contributed by atoms with E-state index in [4.69, 9.17) is 11.6 Å². The number of hydrogen-bond acceptors (Lipinski definition) is 3. The molecule has 168 valence electrons. The Morgan fingerprint density at radius 3 is 2.53 bits per heavy atom. The highest BCUT2D eigenvalue weighted by Crippen LogP contribution is 2.34. The Kier molecular flexibility index (Phi) is 6.55. The number of carbonyl (C=O) groups excluding carboxylic acids is 2. The summed E-state index contributed by atoms with van der Waals surface area (Å²) < 4.78 is 14.3. The molecule has 0 fully saturated rings. The molecular weight excluding hydrogens is 437 g/mol. The number of benzene rings is 2.